The number of fused-ring (bicyclic) bond motifs is 1. The van der Waals surface area contributed by atoms with E-state index in [2.05, 4.69) is 32.2 Å². The maximum absolute atomic E-state index is 14.4. The molecule has 0 saturated carbocycles. The monoisotopic (exact) mass is 522 g/mol. The normalized spacial score (nSPS) is 16.1. The van der Waals surface area contributed by atoms with Crippen molar-refractivity contribution < 1.29 is 14.0 Å². The van der Waals surface area contributed by atoms with Gasteiger partial charge in [0.25, 0.3) is 0 Å². The van der Waals surface area contributed by atoms with E-state index in [1.54, 1.807) is 11.0 Å². The smallest absolute Gasteiger partial charge is 0.240 e. The van der Waals surface area contributed by atoms with E-state index < -0.39 is 0 Å². The molecule has 3 aromatic rings. The van der Waals surface area contributed by atoms with E-state index in [0.717, 1.165) is 33.6 Å². The molecule has 4 rings (SSSR count). The Labute approximate surface area is 222 Å². The number of carbonyl (C=O) groups is 2. The maximum Gasteiger partial charge on any atom is 0.240 e. The molecule has 2 amide bonds. The highest BCUT2D eigenvalue weighted by atomic mass is 32.2. The first-order chi connectivity index (χ1) is 17.4. The number of rotatable bonds is 5. The molecule has 0 fully saturated rings. The molecule has 2 aromatic carbocycles. The maximum atomic E-state index is 14.4. The van der Waals surface area contributed by atoms with Gasteiger partial charge < -0.3 is 5.32 Å². The zero-order valence-corrected chi connectivity index (χ0v) is 23.4. The molecule has 1 aliphatic rings. The Balaban J connectivity index is 2.04. The number of benzene rings is 2. The number of nitrogens with one attached hydrogen (secondary N) is 1. The highest BCUT2D eigenvalue weighted by Gasteiger charge is 2.40. The average molecular weight is 523 g/mol. The van der Waals surface area contributed by atoms with Gasteiger partial charge in [-0.15, -0.1) is 11.8 Å². The highest BCUT2D eigenvalue weighted by Crippen LogP contribution is 2.48. The number of carbonyl (C=O) groups excluding carboxylic acids is 2. The number of thioether (sulfide) groups is 1. The molecular weight excluding hydrogens is 487 g/mol. The molecule has 1 aromatic heterocycles. The van der Waals surface area contributed by atoms with E-state index in [4.69, 9.17) is 5.10 Å². The van der Waals surface area contributed by atoms with E-state index in [0.29, 0.717) is 5.82 Å². The van der Waals surface area contributed by atoms with Gasteiger partial charge in [0.15, 0.2) is 0 Å². The molecule has 2 heterocycles. The number of halogens is 1. The number of amides is 2. The molecule has 8 heteroatoms. The second-order valence-electron chi connectivity index (χ2n) is 11.0. The predicted octanol–water partition coefficient (Wildman–Crippen LogP) is 5.62. The Hall–Kier alpha value is -3.13. The number of aryl methyl sites for hydroxylation is 2. The van der Waals surface area contributed by atoms with Crippen LogP contribution in [0.1, 0.15) is 67.8 Å². The third kappa shape index (κ3) is 5.59. The van der Waals surface area contributed by atoms with Gasteiger partial charge >= 0.3 is 0 Å². The van der Waals surface area contributed by atoms with Crippen molar-refractivity contribution in [2.45, 2.75) is 65.2 Å². The van der Waals surface area contributed by atoms with Gasteiger partial charge in [0.2, 0.25) is 11.8 Å². The molecule has 0 unspecified atom stereocenters. The first-order valence-electron chi connectivity index (χ1n) is 12.5. The first kappa shape index (κ1) is 26.9. The van der Waals surface area contributed by atoms with Crippen molar-refractivity contribution in [2.75, 3.05) is 17.2 Å². The van der Waals surface area contributed by atoms with Gasteiger partial charge in [-0.05, 0) is 57.0 Å². The summed E-state index contributed by atoms with van der Waals surface area (Å²) in [4.78, 5) is 28.1. The average Bonchev–Trinajstić information content (AvgIpc) is 3.11. The minimum absolute atomic E-state index is 0.0575. The van der Waals surface area contributed by atoms with E-state index >= 15 is 0 Å². The number of hydrogen-bond acceptors (Lipinski definition) is 4. The fraction of sp³-hybridized carbons (Fsp3) is 0.414. The van der Waals surface area contributed by atoms with E-state index in [9.17, 15) is 14.0 Å². The molecule has 0 spiro atoms. The zero-order valence-electron chi connectivity index (χ0n) is 22.6. The van der Waals surface area contributed by atoms with E-state index in [-0.39, 0.29) is 46.6 Å². The Morgan fingerprint density at radius 2 is 1.92 bits per heavy atom. The molecule has 0 radical (unpaired) electrons. The standard InChI is InChI=1S/C29H35FN4O2S/c1-17(2)31-23(35)15-33-24(36)16-37-26(20-9-8-10-21(30)14-20)25-27(29(5,6)7)32-34(28(25)33)22-12-11-18(3)13-19(22)4/h8-14,17,26H,15-16H2,1-7H3,(H,31,35)/t26-/m1/s1. The highest BCUT2D eigenvalue weighted by molar-refractivity contribution is 8.00. The lowest BCUT2D eigenvalue weighted by Crippen LogP contribution is -2.44. The van der Waals surface area contributed by atoms with Gasteiger partial charge in [0, 0.05) is 17.0 Å². The van der Waals surface area contributed by atoms with Crippen LogP contribution in [-0.2, 0) is 15.0 Å². The van der Waals surface area contributed by atoms with Gasteiger partial charge in [-0.1, -0.05) is 50.6 Å². The van der Waals surface area contributed by atoms with Crippen molar-refractivity contribution >= 4 is 29.4 Å². The second kappa shape index (κ2) is 10.3. The van der Waals surface area contributed by atoms with Crippen LogP contribution in [0.3, 0.4) is 0 Å². The Bertz CT molecular complexity index is 1340. The number of aromatic nitrogens is 2. The molecule has 6 nitrogen and oxygen atoms in total. The van der Waals surface area contributed by atoms with Crippen LogP contribution in [0.25, 0.3) is 5.69 Å². The van der Waals surface area contributed by atoms with Crippen molar-refractivity contribution in [2.24, 2.45) is 0 Å². The van der Waals surface area contributed by atoms with Gasteiger partial charge in [-0.25, -0.2) is 9.07 Å². The Morgan fingerprint density at radius 3 is 2.54 bits per heavy atom. The molecular formula is C29H35FN4O2S. The van der Waals surface area contributed by atoms with E-state index in [1.807, 2.05) is 50.6 Å². The quantitative estimate of drug-likeness (QED) is 0.472. The summed E-state index contributed by atoms with van der Waals surface area (Å²) >= 11 is 1.44. The van der Waals surface area contributed by atoms with Crippen LogP contribution in [0.4, 0.5) is 10.2 Å². The van der Waals surface area contributed by atoms with E-state index in [1.165, 1.54) is 23.9 Å². The van der Waals surface area contributed by atoms with Crippen molar-refractivity contribution in [1.29, 1.82) is 0 Å². The number of anilines is 1. The molecule has 1 atom stereocenters. The summed E-state index contributed by atoms with van der Waals surface area (Å²) in [6, 6.07) is 12.5. The lowest BCUT2D eigenvalue weighted by molar-refractivity contribution is -0.123. The summed E-state index contributed by atoms with van der Waals surface area (Å²) in [5.41, 5.74) is 5.00. The van der Waals surface area contributed by atoms with Crippen LogP contribution in [0.5, 0.6) is 0 Å². The largest absolute Gasteiger partial charge is 0.352 e. The molecule has 1 N–H and O–H groups in total. The first-order valence-corrected chi connectivity index (χ1v) is 13.6. The van der Waals surface area contributed by atoms with Crippen LogP contribution >= 0.6 is 11.8 Å². The van der Waals surface area contributed by atoms with Gasteiger partial charge in [0.05, 0.1) is 22.4 Å². The zero-order chi connectivity index (χ0) is 27.1. The van der Waals surface area contributed by atoms with Crippen LogP contribution < -0.4 is 10.2 Å². The minimum Gasteiger partial charge on any atom is -0.352 e. The summed E-state index contributed by atoms with van der Waals surface area (Å²) in [7, 11) is 0. The SMILES string of the molecule is Cc1ccc(-n2nc(C(C)(C)C)c3c2N(CC(=O)NC(C)C)C(=O)CS[C@@H]3c2cccc(F)c2)c(C)c1. The van der Waals surface area contributed by atoms with Crippen molar-refractivity contribution in [3.63, 3.8) is 0 Å². The van der Waals surface area contributed by atoms with Crippen molar-refractivity contribution in [1.82, 2.24) is 15.1 Å². The molecule has 0 saturated heterocycles. The fourth-order valence-electron chi connectivity index (χ4n) is 4.73. The van der Waals surface area contributed by atoms with Gasteiger partial charge in [0.1, 0.15) is 18.2 Å². The summed E-state index contributed by atoms with van der Waals surface area (Å²) in [6.07, 6.45) is 0. The second-order valence-corrected chi connectivity index (χ2v) is 12.1. The molecule has 0 bridgehead atoms. The third-order valence-corrected chi connectivity index (χ3v) is 7.54. The third-order valence-electron chi connectivity index (χ3n) is 6.28. The Kier molecular flexibility index (Phi) is 7.51. The summed E-state index contributed by atoms with van der Waals surface area (Å²) in [5.74, 6) is -0.0338. The topological polar surface area (TPSA) is 67.2 Å². The lowest BCUT2D eigenvalue weighted by atomic mass is 9.87. The minimum atomic E-state index is -0.376. The Morgan fingerprint density at radius 1 is 1.19 bits per heavy atom. The summed E-state index contributed by atoms with van der Waals surface area (Å²) in [5, 5.41) is 7.68. The van der Waals surface area contributed by atoms with Crippen molar-refractivity contribution in [3.8, 4) is 5.69 Å². The summed E-state index contributed by atoms with van der Waals surface area (Å²) in [6.45, 7) is 13.9. The van der Waals surface area contributed by atoms with Gasteiger partial charge in [-0.3, -0.25) is 14.5 Å². The summed E-state index contributed by atoms with van der Waals surface area (Å²) < 4.78 is 16.2. The van der Waals surface area contributed by atoms with Crippen LogP contribution in [0.2, 0.25) is 0 Å². The molecule has 196 valence electrons. The lowest BCUT2D eigenvalue weighted by Gasteiger charge is -2.25. The number of nitrogens with zero attached hydrogens (tertiary/aromatic N) is 3. The fourth-order valence-corrected chi connectivity index (χ4v) is 5.92. The van der Waals surface area contributed by atoms with Crippen LogP contribution in [-0.4, -0.2) is 39.9 Å². The predicted molar refractivity (Wildman–Crippen MR) is 148 cm³/mol. The molecule has 0 aliphatic carbocycles. The van der Waals surface area contributed by atoms with Crippen LogP contribution in [0.15, 0.2) is 42.5 Å². The van der Waals surface area contributed by atoms with Gasteiger partial charge in [-0.2, -0.15) is 5.10 Å². The van der Waals surface area contributed by atoms with Crippen molar-refractivity contribution in [3.05, 3.63) is 76.2 Å². The van der Waals surface area contributed by atoms with Crippen LogP contribution in [0, 0.1) is 19.7 Å². The molecule has 1 aliphatic heterocycles. The molecule has 37 heavy (non-hydrogen) atoms. The number of hydrogen-bond donors (Lipinski definition) is 1.